The summed E-state index contributed by atoms with van der Waals surface area (Å²) in [6.45, 7) is 7.55. The van der Waals surface area contributed by atoms with Gasteiger partial charge in [0.2, 0.25) is 0 Å². The Morgan fingerprint density at radius 2 is 1.86 bits per heavy atom. The van der Waals surface area contributed by atoms with Crippen molar-refractivity contribution in [1.29, 1.82) is 0 Å². The van der Waals surface area contributed by atoms with Crippen molar-refractivity contribution in [1.82, 2.24) is 9.80 Å². The maximum absolute atomic E-state index is 12.6. The molecule has 6 nitrogen and oxygen atoms in total. The van der Waals surface area contributed by atoms with Gasteiger partial charge in [0.25, 0.3) is 5.91 Å². The highest BCUT2D eigenvalue weighted by Crippen LogP contribution is 2.13. The van der Waals surface area contributed by atoms with Crippen LogP contribution in [0.5, 0.6) is 5.75 Å². The molecule has 1 saturated heterocycles. The van der Waals surface area contributed by atoms with Crippen molar-refractivity contribution in [2.24, 2.45) is 0 Å². The van der Waals surface area contributed by atoms with E-state index in [-0.39, 0.29) is 11.7 Å². The van der Waals surface area contributed by atoms with E-state index in [1.54, 1.807) is 30.9 Å². The molecule has 1 aromatic carbocycles. The zero-order chi connectivity index (χ0) is 20.0. The highest BCUT2D eigenvalue weighted by Gasteiger charge is 2.24. The van der Waals surface area contributed by atoms with E-state index in [4.69, 9.17) is 9.15 Å². The second-order valence-corrected chi connectivity index (χ2v) is 7.27. The van der Waals surface area contributed by atoms with E-state index in [0.29, 0.717) is 25.5 Å². The van der Waals surface area contributed by atoms with Gasteiger partial charge in [-0.25, -0.2) is 0 Å². The van der Waals surface area contributed by atoms with Gasteiger partial charge in [-0.1, -0.05) is 24.1 Å². The number of hydrogen-bond donors (Lipinski definition) is 1. The largest absolute Gasteiger partial charge is 0.492 e. The maximum atomic E-state index is 12.6. The van der Waals surface area contributed by atoms with Crippen LogP contribution in [-0.4, -0.2) is 65.7 Å². The highest BCUT2D eigenvalue weighted by atomic mass is 16.5. The third kappa shape index (κ3) is 5.88. The molecule has 0 atom stereocenters. The summed E-state index contributed by atoms with van der Waals surface area (Å²) in [4.78, 5) is 16.7. The minimum Gasteiger partial charge on any atom is -0.492 e. The van der Waals surface area contributed by atoms with Gasteiger partial charge in [-0.3, -0.25) is 9.69 Å². The summed E-state index contributed by atoms with van der Waals surface area (Å²) < 4.78 is 11.3. The number of nitrogens with zero attached hydrogens (tertiary/aromatic N) is 2. The number of ether oxygens (including phenoxy) is 1. The van der Waals surface area contributed by atoms with E-state index in [2.05, 4.69) is 16.7 Å². The number of furan rings is 1. The monoisotopic (exact) mass is 382 g/mol. The first-order valence-corrected chi connectivity index (χ1v) is 9.45. The van der Waals surface area contributed by atoms with Crippen LogP contribution in [0.25, 0.3) is 0 Å². The molecule has 2 heterocycles. The number of benzene rings is 1. The van der Waals surface area contributed by atoms with Crippen LogP contribution in [0, 0.1) is 11.8 Å². The lowest BCUT2D eigenvalue weighted by Gasteiger charge is -2.34. The Labute approximate surface area is 165 Å². The van der Waals surface area contributed by atoms with Gasteiger partial charge in [0.15, 0.2) is 11.5 Å². The highest BCUT2D eigenvalue weighted by molar-refractivity contribution is 5.91. The van der Waals surface area contributed by atoms with Crippen molar-refractivity contribution in [3.05, 3.63) is 54.0 Å². The molecule has 1 aromatic heterocycles. The molecule has 0 radical (unpaired) electrons. The summed E-state index contributed by atoms with van der Waals surface area (Å²) >= 11 is 0. The summed E-state index contributed by atoms with van der Waals surface area (Å²) in [5.74, 6) is 6.82. The second-order valence-electron chi connectivity index (χ2n) is 7.27. The molecule has 3 rings (SSSR count). The molecule has 2 aromatic rings. The molecule has 0 bridgehead atoms. The molecule has 0 unspecified atom stereocenters. The molecule has 0 saturated carbocycles. The smallest absolute Gasteiger partial charge is 0.289 e. The minimum absolute atomic E-state index is 0.128. The van der Waals surface area contributed by atoms with Gasteiger partial charge in [0.05, 0.1) is 0 Å². The molecule has 1 N–H and O–H groups in total. The SMILES string of the molecule is CC(C)(O)C#Cc1ccc(C(=O)N2CCN(CCOc3ccccc3)CC2)o1. The number of aliphatic hydroxyl groups is 1. The van der Waals surface area contributed by atoms with E-state index >= 15 is 0 Å². The molecule has 0 aliphatic carbocycles. The maximum Gasteiger partial charge on any atom is 0.289 e. The zero-order valence-electron chi connectivity index (χ0n) is 16.4. The van der Waals surface area contributed by atoms with E-state index in [1.165, 1.54) is 0 Å². The fourth-order valence-electron chi connectivity index (χ4n) is 2.87. The Morgan fingerprint density at radius 3 is 2.54 bits per heavy atom. The fourth-order valence-corrected chi connectivity index (χ4v) is 2.87. The first-order valence-electron chi connectivity index (χ1n) is 9.45. The molecule has 1 amide bonds. The summed E-state index contributed by atoms with van der Waals surface area (Å²) in [5.41, 5.74) is -1.10. The van der Waals surface area contributed by atoms with Crippen molar-refractivity contribution in [2.75, 3.05) is 39.3 Å². The molecule has 6 heteroatoms. The van der Waals surface area contributed by atoms with E-state index in [1.807, 2.05) is 30.3 Å². The summed E-state index contributed by atoms with van der Waals surface area (Å²) in [6, 6.07) is 13.1. The van der Waals surface area contributed by atoms with E-state index in [9.17, 15) is 9.90 Å². The normalized spacial score (nSPS) is 15.0. The van der Waals surface area contributed by atoms with E-state index < -0.39 is 5.60 Å². The topological polar surface area (TPSA) is 66.2 Å². The quantitative estimate of drug-likeness (QED) is 0.804. The number of rotatable bonds is 5. The fraction of sp³-hybridized carbons (Fsp3) is 0.409. The number of carbonyl (C=O) groups is 1. The Hall–Kier alpha value is -2.75. The number of carbonyl (C=O) groups excluding carboxylic acids is 1. The van der Waals surface area contributed by atoms with Crippen LogP contribution in [0.1, 0.15) is 30.2 Å². The molecular formula is C22H26N2O4. The summed E-state index contributed by atoms with van der Waals surface area (Å²) in [5, 5.41) is 9.65. The summed E-state index contributed by atoms with van der Waals surface area (Å²) in [6.07, 6.45) is 0. The van der Waals surface area contributed by atoms with E-state index in [0.717, 1.165) is 25.4 Å². The molecule has 28 heavy (non-hydrogen) atoms. The predicted octanol–water partition coefficient (Wildman–Crippen LogP) is 2.24. The molecule has 1 aliphatic rings. The third-order valence-electron chi connectivity index (χ3n) is 4.39. The lowest BCUT2D eigenvalue weighted by atomic mass is 10.1. The van der Waals surface area contributed by atoms with Crippen LogP contribution < -0.4 is 4.74 Å². The van der Waals surface area contributed by atoms with Gasteiger partial charge in [-0.2, -0.15) is 0 Å². The average molecular weight is 382 g/mol. The lowest BCUT2D eigenvalue weighted by Crippen LogP contribution is -2.49. The zero-order valence-corrected chi connectivity index (χ0v) is 16.4. The Kier molecular flexibility index (Phi) is 6.40. The number of piperazine rings is 1. The minimum atomic E-state index is -1.10. The van der Waals surface area contributed by atoms with Gasteiger partial charge in [-0.15, -0.1) is 0 Å². The summed E-state index contributed by atoms with van der Waals surface area (Å²) in [7, 11) is 0. The second kappa shape index (κ2) is 8.96. The van der Waals surface area contributed by atoms with Crippen LogP contribution in [-0.2, 0) is 0 Å². The van der Waals surface area contributed by atoms with Crippen LogP contribution in [0.15, 0.2) is 46.9 Å². The van der Waals surface area contributed by atoms with Gasteiger partial charge in [-0.05, 0) is 44.0 Å². The first-order chi connectivity index (χ1) is 13.4. The lowest BCUT2D eigenvalue weighted by molar-refractivity contribution is 0.0589. The Morgan fingerprint density at radius 1 is 1.14 bits per heavy atom. The predicted molar refractivity (Wildman–Crippen MR) is 106 cm³/mol. The van der Waals surface area contributed by atoms with Crippen molar-refractivity contribution in [3.63, 3.8) is 0 Å². The standard InChI is InChI=1S/C22H26N2O4/c1-22(2,26)11-10-19-8-9-20(28-19)21(25)24-14-12-23(13-15-24)16-17-27-18-6-4-3-5-7-18/h3-9,26H,12-17H2,1-2H3. The van der Waals surface area contributed by atoms with Crippen molar-refractivity contribution in [2.45, 2.75) is 19.4 Å². The van der Waals surface area contributed by atoms with Crippen molar-refractivity contribution >= 4 is 5.91 Å². The van der Waals surface area contributed by atoms with Crippen LogP contribution >= 0.6 is 0 Å². The van der Waals surface area contributed by atoms with Crippen LogP contribution in [0.2, 0.25) is 0 Å². The first kappa shape index (κ1) is 20.0. The van der Waals surface area contributed by atoms with Gasteiger partial charge in [0, 0.05) is 32.7 Å². The molecule has 0 spiro atoms. The van der Waals surface area contributed by atoms with Crippen LogP contribution in [0.3, 0.4) is 0 Å². The van der Waals surface area contributed by atoms with Crippen molar-refractivity contribution in [3.8, 4) is 17.6 Å². The Bertz CT molecular complexity index is 835. The molecular weight excluding hydrogens is 356 g/mol. The van der Waals surface area contributed by atoms with Gasteiger partial charge < -0.3 is 19.2 Å². The molecule has 1 fully saturated rings. The van der Waals surface area contributed by atoms with Crippen molar-refractivity contribution < 1.29 is 19.1 Å². The van der Waals surface area contributed by atoms with Gasteiger partial charge >= 0.3 is 0 Å². The average Bonchev–Trinajstić information content (AvgIpc) is 3.16. The third-order valence-corrected chi connectivity index (χ3v) is 4.39. The Balaban J connectivity index is 1.45. The molecule has 1 aliphatic heterocycles. The van der Waals surface area contributed by atoms with Gasteiger partial charge in [0.1, 0.15) is 18.0 Å². The number of para-hydroxylation sites is 1. The van der Waals surface area contributed by atoms with Crippen LogP contribution in [0.4, 0.5) is 0 Å². The molecule has 148 valence electrons. The number of amides is 1. The number of hydrogen-bond acceptors (Lipinski definition) is 5.